The minimum atomic E-state index is -0.505. The molecule has 0 radical (unpaired) electrons. The molecule has 0 atom stereocenters. The Labute approximate surface area is 182 Å². The second-order valence-corrected chi connectivity index (χ2v) is 8.67. The fraction of sp³-hybridized carbons (Fsp3) is 0.478. The Morgan fingerprint density at radius 3 is 2.52 bits per heavy atom. The van der Waals surface area contributed by atoms with Crippen LogP contribution in [-0.2, 0) is 12.1 Å². The fourth-order valence-electron chi connectivity index (χ4n) is 4.20. The number of piperidine rings is 1. The number of amides is 1. The van der Waals surface area contributed by atoms with E-state index in [-0.39, 0.29) is 0 Å². The predicted molar refractivity (Wildman–Crippen MR) is 116 cm³/mol. The lowest BCUT2D eigenvalue weighted by atomic mass is 9.84. The first-order chi connectivity index (χ1) is 15.0. The Kier molecular flexibility index (Phi) is 5.92. The van der Waals surface area contributed by atoms with Crippen molar-refractivity contribution in [1.29, 1.82) is 10.5 Å². The summed E-state index contributed by atoms with van der Waals surface area (Å²) in [6, 6.07) is 12.1. The molecule has 2 aliphatic rings. The largest absolute Gasteiger partial charge is 0.368 e. The molecule has 0 bridgehead atoms. The van der Waals surface area contributed by atoms with E-state index >= 15 is 0 Å². The van der Waals surface area contributed by atoms with Crippen LogP contribution >= 0.6 is 0 Å². The number of anilines is 1. The molecule has 8 nitrogen and oxygen atoms in total. The Balaban J connectivity index is 1.48. The first kappa shape index (κ1) is 20.9. The smallest absolute Gasteiger partial charge is 0.254 e. The van der Waals surface area contributed by atoms with Crippen LogP contribution < -0.4 is 11.1 Å². The van der Waals surface area contributed by atoms with Crippen molar-refractivity contribution in [3.63, 3.8) is 0 Å². The Morgan fingerprint density at radius 1 is 1.23 bits per heavy atom. The number of nitrogens with two attached hydrogens (primary N) is 1. The molecule has 1 aromatic heterocycles. The maximum atomic E-state index is 12.0. The molecular formula is C23H27N7O. The molecule has 1 amide bonds. The summed E-state index contributed by atoms with van der Waals surface area (Å²) in [5.41, 5.74) is 7.36. The number of hydrogen-bond acceptors (Lipinski definition) is 6. The zero-order valence-corrected chi connectivity index (χ0v) is 17.5. The van der Waals surface area contributed by atoms with Crippen molar-refractivity contribution in [2.24, 2.45) is 11.7 Å². The van der Waals surface area contributed by atoms with Crippen LogP contribution in [0.25, 0.3) is 0 Å². The number of hydrogen-bond donors (Lipinski definition) is 2. The molecule has 0 unspecified atom stereocenters. The lowest BCUT2D eigenvalue weighted by Gasteiger charge is -2.40. The molecule has 31 heavy (non-hydrogen) atoms. The van der Waals surface area contributed by atoms with E-state index in [1.807, 2.05) is 28.9 Å². The summed E-state index contributed by atoms with van der Waals surface area (Å²) in [4.78, 5) is 14.3. The maximum Gasteiger partial charge on any atom is 0.254 e. The highest BCUT2D eigenvalue weighted by atomic mass is 16.1. The molecule has 4 rings (SSSR count). The molecule has 1 aliphatic heterocycles. The zero-order chi connectivity index (χ0) is 21.8. The third-order valence-electron chi connectivity index (χ3n) is 6.40. The molecule has 1 aliphatic carbocycles. The number of benzene rings is 1. The van der Waals surface area contributed by atoms with Crippen LogP contribution in [0.5, 0.6) is 0 Å². The van der Waals surface area contributed by atoms with E-state index in [9.17, 15) is 10.1 Å². The van der Waals surface area contributed by atoms with Crippen LogP contribution in [0.3, 0.4) is 0 Å². The van der Waals surface area contributed by atoms with Gasteiger partial charge in [0.1, 0.15) is 5.56 Å². The number of carbonyl (C=O) groups excluding carboxylic acids is 1. The van der Waals surface area contributed by atoms with Gasteiger partial charge in [-0.1, -0.05) is 12.1 Å². The number of nitrogens with zero attached hydrogens (tertiary/aromatic N) is 5. The second-order valence-electron chi connectivity index (χ2n) is 8.67. The van der Waals surface area contributed by atoms with Crippen molar-refractivity contribution in [3.05, 3.63) is 47.2 Å². The molecule has 1 saturated heterocycles. The average Bonchev–Trinajstić information content (AvgIpc) is 3.50. The normalized spacial score (nSPS) is 18.1. The molecular weight excluding hydrogens is 390 g/mol. The molecule has 8 heteroatoms. The van der Waals surface area contributed by atoms with Gasteiger partial charge in [-0.25, -0.2) is 0 Å². The van der Waals surface area contributed by atoms with Crippen molar-refractivity contribution >= 4 is 11.7 Å². The van der Waals surface area contributed by atoms with E-state index in [1.165, 1.54) is 12.8 Å². The minimum absolute atomic E-state index is 0.333. The van der Waals surface area contributed by atoms with Gasteiger partial charge in [0, 0.05) is 32.4 Å². The second kappa shape index (κ2) is 8.79. The first-order valence-electron chi connectivity index (χ1n) is 10.8. The molecule has 160 valence electrons. The average molecular weight is 418 g/mol. The van der Waals surface area contributed by atoms with Crippen molar-refractivity contribution in [2.75, 3.05) is 25.0 Å². The van der Waals surface area contributed by atoms with Crippen LogP contribution in [0, 0.1) is 28.6 Å². The third-order valence-corrected chi connectivity index (χ3v) is 6.40. The standard InChI is InChI=1S/C23H27N7O/c24-10-7-23(30-16-20(21(26)31)22(28-30)27-14-18-3-4-18)8-11-29(12-9-23)15-19-5-1-17(13-25)2-6-19/h1-2,5-6,16,18H,3-4,7-9,11-12,14-15H2,(H2,26,31)(H,27,28). The number of nitrogens with one attached hydrogen (secondary N) is 1. The van der Waals surface area contributed by atoms with Crippen LogP contribution in [-0.4, -0.2) is 40.2 Å². The molecule has 1 saturated carbocycles. The molecule has 3 N–H and O–H groups in total. The Hall–Kier alpha value is -3.36. The lowest BCUT2D eigenvalue weighted by molar-refractivity contribution is 0.0967. The van der Waals surface area contributed by atoms with Gasteiger partial charge in [0.25, 0.3) is 5.91 Å². The quantitative estimate of drug-likeness (QED) is 0.680. The Morgan fingerprint density at radius 2 is 1.94 bits per heavy atom. The number of rotatable bonds is 8. The highest BCUT2D eigenvalue weighted by molar-refractivity contribution is 5.97. The SMILES string of the molecule is N#CCC1(n2cc(C(N)=O)c(NCC3CC3)n2)CCN(Cc2ccc(C#N)cc2)CC1. The number of primary amides is 1. The highest BCUT2D eigenvalue weighted by Crippen LogP contribution is 2.35. The van der Waals surface area contributed by atoms with Gasteiger partial charge in [-0.3, -0.25) is 14.4 Å². The fourth-order valence-corrected chi connectivity index (χ4v) is 4.20. The summed E-state index contributed by atoms with van der Waals surface area (Å²) in [6.07, 6.45) is 5.97. The van der Waals surface area contributed by atoms with Gasteiger partial charge in [-0.05, 0) is 49.3 Å². The highest BCUT2D eigenvalue weighted by Gasteiger charge is 2.38. The van der Waals surface area contributed by atoms with Gasteiger partial charge in [0.05, 0.1) is 29.7 Å². The Bertz CT molecular complexity index is 1020. The predicted octanol–water partition coefficient (Wildman–Crippen LogP) is 2.58. The van der Waals surface area contributed by atoms with Crippen molar-refractivity contribution in [3.8, 4) is 12.1 Å². The number of aromatic nitrogens is 2. The van der Waals surface area contributed by atoms with Crippen LogP contribution in [0.15, 0.2) is 30.5 Å². The zero-order valence-electron chi connectivity index (χ0n) is 17.5. The minimum Gasteiger partial charge on any atom is -0.368 e. The van der Waals surface area contributed by atoms with Crippen LogP contribution in [0.2, 0.25) is 0 Å². The van der Waals surface area contributed by atoms with Gasteiger partial charge >= 0.3 is 0 Å². The van der Waals surface area contributed by atoms with Crippen molar-refractivity contribution in [1.82, 2.24) is 14.7 Å². The van der Waals surface area contributed by atoms with E-state index < -0.39 is 11.4 Å². The van der Waals surface area contributed by atoms with E-state index in [1.54, 1.807) is 6.20 Å². The van der Waals surface area contributed by atoms with E-state index in [0.29, 0.717) is 29.3 Å². The number of likely N-dealkylation sites (tertiary alicyclic amines) is 1. The van der Waals surface area contributed by atoms with Gasteiger partial charge in [-0.2, -0.15) is 15.6 Å². The maximum absolute atomic E-state index is 12.0. The summed E-state index contributed by atoms with van der Waals surface area (Å²) < 4.78 is 1.81. The first-order valence-corrected chi connectivity index (χ1v) is 10.8. The molecule has 1 aromatic carbocycles. The summed E-state index contributed by atoms with van der Waals surface area (Å²) >= 11 is 0. The lowest BCUT2D eigenvalue weighted by Crippen LogP contribution is -2.46. The topological polar surface area (TPSA) is 124 Å². The van der Waals surface area contributed by atoms with Gasteiger partial charge in [-0.15, -0.1) is 0 Å². The van der Waals surface area contributed by atoms with Gasteiger partial charge < -0.3 is 11.1 Å². The van der Waals surface area contributed by atoms with Crippen molar-refractivity contribution in [2.45, 2.75) is 44.2 Å². The number of carbonyl (C=O) groups is 1. The summed E-state index contributed by atoms with van der Waals surface area (Å²) in [7, 11) is 0. The summed E-state index contributed by atoms with van der Waals surface area (Å²) in [5.74, 6) is 0.663. The van der Waals surface area contributed by atoms with Gasteiger partial charge in [0.15, 0.2) is 5.82 Å². The molecule has 0 spiro atoms. The monoisotopic (exact) mass is 417 g/mol. The van der Waals surface area contributed by atoms with Crippen LogP contribution in [0.1, 0.15) is 53.6 Å². The van der Waals surface area contributed by atoms with E-state index in [2.05, 4.69) is 27.5 Å². The summed E-state index contributed by atoms with van der Waals surface area (Å²) in [6.45, 7) is 3.23. The van der Waals surface area contributed by atoms with Gasteiger partial charge in [0.2, 0.25) is 0 Å². The molecule has 2 heterocycles. The van der Waals surface area contributed by atoms with Crippen LogP contribution in [0.4, 0.5) is 5.82 Å². The molecule has 2 fully saturated rings. The van der Waals surface area contributed by atoms with E-state index in [4.69, 9.17) is 11.0 Å². The van der Waals surface area contributed by atoms with Crippen molar-refractivity contribution < 1.29 is 4.79 Å². The number of nitriles is 2. The van der Waals surface area contributed by atoms with E-state index in [0.717, 1.165) is 44.6 Å². The summed E-state index contributed by atoms with van der Waals surface area (Å²) in [5, 5.41) is 26.4. The molecule has 2 aromatic rings. The third kappa shape index (κ3) is 4.70.